The lowest BCUT2D eigenvalue weighted by molar-refractivity contribution is -0.140. The van der Waals surface area contributed by atoms with Crippen LogP contribution in [-0.2, 0) is 4.79 Å². The standard InChI is InChI=1S/C16H17ClN2O6/c1-7(2)25-8-3-4-9-10(5-8)14(17)19-12(13(9)21)15(22)18-11(6-20)16(23)24/h3-5,7,11,20-21H,6H2,1-2H3,(H,18,22)(H,23,24)/t11-/m1/s1. The quantitative estimate of drug-likeness (QED) is 0.569. The van der Waals surface area contributed by atoms with Crippen molar-refractivity contribution in [1.29, 1.82) is 0 Å². The van der Waals surface area contributed by atoms with Gasteiger partial charge in [-0.05, 0) is 32.0 Å². The first-order chi connectivity index (χ1) is 11.7. The molecule has 0 fully saturated rings. The lowest BCUT2D eigenvalue weighted by Gasteiger charge is -2.14. The molecule has 2 rings (SSSR count). The van der Waals surface area contributed by atoms with E-state index in [-0.39, 0.29) is 16.6 Å². The normalized spacial score (nSPS) is 12.2. The highest BCUT2D eigenvalue weighted by molar-refractivity contribution is 6.35. The van der Waals surface area contributed by atoms with E-state index in [1.54, 1.807) is 12.1 Å². The van der Waals surface area contributed by atoms with Crippen LogP contribution in [0, 0.1) is 0 Å². The maximum atomic E-state index is 12.2. The van der Waals surface area contributed by atoms with E-state index in [4.69, 9.17) is 26.6 Å². The molecular formula is C16H17ClN2O6. The number of benzene rings is 1. The molecule has 0 bridgehead atoms. The highest BCUT2D eigenvalue weighted by Gasteiger charge is 2.24. The van der Waals surface area contributed by atoms with Crippen LogP contribution in [0.2, 0.25) is 5.15 Å². The molecule has 1 aromatic carbocycles. The lowest BCUT2D eigenvalue weighted by Crippen LogP contribution is -2.43. The molecule has 1 heterocycles. The van der Waals surface area contributed by atoms with Gasteiger partial charge in [0.25, 0.3) is 5.91 Å². The van der Waals surface area contributed by atoms with E-state index in [2.05, 4.69) is 10.3 Å². The minimum absolute atomic E-state index is 0.0528. The number of aromatic hydroxyl groups is 1. The third-order valence-corrected chi connectivity index (χ3v) is 3.56. The van der Waals surface area contributed by atoms with E-state index in [9.17, 15) is 14.7 Å². The van der Waals surface area contributed by atoms with Gasteiger partial charge in [-0.3, -0.25) is 4.79 Å². The monoisotopic (exact) mass is 368 g/mol. The van der Waals surface area contributed by atoms with Crippen LogP contribution in [0.25, 0.3) is 10.8 Å². The summed E-state index contributed by atoms with van der Waals surface area (Å²) in [7, 11) is 0. The summed E-state index contributed by atoms with van der Waals surface area (Å²) in [5.41, 5.74) is -0.435. The molecule has 0 saturated carbocycles. The average molecular weight is 369 g/mol. The molecule has 0 saturated heterocycles. The van der Waals surface area contributed by atoms with Crippen molar-refractivity contribution in [3.05, 3.63) is 29.0 Å². The maximum Gasteiger partial charge on any atom is 0.328 e. The summed E-state index contributed by atoms with van der Waals surface area (Å²) in [5.74, 6) is -2.31. The lowest BCUT2D eigenvalue weighted by atomic mass is 10.1. The number of ether oxygens (including phenoxy) is 1. The van der Waals surface area contributed by atoms with E-state index in [1.165, 1.54) is 6.07 Å². The second-order valence-electron chi connectivity index (χ2n) is 5.52. The van der Waals surface area contributed by atoms with Crippen LogP contribution in [-0.4, -0.2) is 50.9 Å². The summed E-state index contributed by atoms with van der Waals surface area (Å²) in [6.45, 7) is 2.91. The second kappa shape index (κ2) is 7.54. The van der Waals surface area contributed by atoms with Crippen molar-refractivity contribution >= 4 is 34.2 Å². The van der Waals surface area contributed by atoms with E-state index < -0.39 is 36.0 Å². The first-order valence-corrected chi connectivity index (χ1v) is 7.75. The van der Waals surface area contributed by atoms with Crippen molar-refractivity contribution < 1.29 is 29.6 Å². The van der Waals surface area contributed by atoms with Gasteiger partial charge < -0.3 is 25.4 Å². The zero-order valence-corrected chi connectivity index (χ0v) is 14.2. The number of carboxylic acid groups (broad SMARTS) is 1. The van der Waals surface area contributed by atoms with E-state index in [0.717, 1.165) is 0 Å². The van der Waals surface area contributed by atoms with Crippen molar-refractivity contribution in [3.8, 4) is 11.5 Å². The number of aliphatic hydroxyl groups is 1. The van der Waals surface area contributed by atoms with Crippen molar-refractivity contribution in [2.24, 2.45) is 0 Å². The second-order valence-corrected chi connectivity index (χ2v) is 5.88. The molecule has 0 aliphatic rings. The zero-order valence-electron chi connectivity index (χ0n) is 13.5. The van der Waals surface area contributed by atoms with Crippen molar-refractivity contribution in [3.63, 3.8) is 0 Å². The number of carbonyl (C=O) groups is 2. The number of halogens is 1. The molecule has 1 amide bonds. The molecule has 0 unspecified atom stereocenters. The number of fused-ring (bicyclic) bond motifs is 1. The summed E-state index contributed by atoms with van der Waals surface area (Å²) in [6, 6.07) is 3.19. The molecule has 9 heteroatoms. The Labute approximate surface area is 148 Å². The molecule has 0 spiro atoms. The number of carbonyl (C=O) groups excluding carboxylic acids is 1. The number of carboxylic acids is 1. The minimum atomic E-state index is -1.52. The van der Waals surface area contributed by atoms with Gasteiger partial charge in [0.15, 0.2) is 17.5 Å². The summed E-state index contributed by atoms with van der Waals surface area (Å²) in [6.07, 6.45) is -0.0609. The topological polar surface area (TPSA) is 129 Å². The fourth-order valence-corrected chi connectivity index (χ4v) is 2.40. The number of rotatable bonds is 6. The number of aromatic nitrogens is 1. The van der Waals surface area contributed by atoms with E-state index >= 15 is 0 Å². The molecule has 134 valence electrons. The summed E-state index contributed by atoms with van der Waals surface area (Å²) in [4.78, 5) is 26.9. The van der Waals surface area contributed by atoms with E-state index in [1.807, 2.05) is 13.8 Å². The number of aliphatic carboxylic acids is 1. The van der Waals surface area contributed by atoms with Crippen LogP contribution in [0.1, 0.15) is 24.3 Å². The highest BCUT2D eigenvalue weighted by atomic mass is 35.5. The smallest absolute Gasteiger partial charge is 0.328 e. The van der Waals surface area contributed by atoms with Crippen LogP contribution in [0.4, 0.5) is 0 Å². The Balaban J connectivity index is 2.44. The number of hydrogen-bond donors (Lipinski definition) is 4. The molecule has 0 aliphatic carbocycles. The Morgan fingerprint density at radius 2 is 2.00 bits per heavy atom. The molecule has 25 heavy (non-hydrogen) atoms. The molecular weight excluding hydrogens is 352 g/mol. The van der Waals surface area contributed by atoms with Gasteiger partial charge in [-0.1, -0.05) is 11.6 Å². The SMILES string of the molecule is CC(C)Oc1ccc2c(O)c(C(=O)N[C@H](CO)C(=O)O)nc(Cl)c2c1. The fourth-order valence-electron chi connectivity index (χ4n) is 2.16. The fraction of sp³-hybridized carbons (Fsp3) is 0.312. The number of hydrogen-bond acceptors (Lipinski definition) is 6. The Morgan fingerprint density at radius 1 is 1.32 bits per heavy atom. The Hall–Kier alpha value is -2.58. The summed E-state index contributed by atoms with van der Waals surface area (Å²) in [5, 5.41) is 30.8. The van der Waals surface area contributed by atoms with Crippen LogP contribution < -0.4 is 10.1 Å². The van der Waals surface area contributed by atoms with E-state index in [0.29, 0.717) is 11.1 Å². The predicted octanol–water partition coefficient (Wildman–Crippen LogP) is 1.56. The summed E-state index contributed by atoms with van der Waals surface area (Å²) < 4.78 is 5.55. The van der Waals surface area contributed by atoms with Gasteiger partial charge in [0, 0.05) is 10.8 Å². The molecule has 4 N–H and O–H groups in total. The van der Waals surface area contributed by atoms with Crippen molar-refractivity contribution in [2.45, 2.75) is 26.0 Å². The molecule has 2 aromatic rings. The van der Waals surface area contributed by atoms with Gasteiger partial charge in [-0.25, -0.2) is 9.78 Å². The zero-order chi connectivity index (χ0) is 18.7. The largest absolute Gasteiger partial charge is 0.505 e. The number of pyridine rings is 1. The van der Waals surface area contributed by atoms with Crippen molar-refractivity contribution in [1.82, 2.24) is 10.3 Å². The van der Waals surface area contributed by atoms with Gasteiger partial charge in [0.1, 0.15) is 10.9 Å². The number of nitrogens with zero attached hydrogens (tertiary/aromatic N) is 1. The van der Waals surface area contributed by atoms with Crippen molar-refractivity contribution in [2.75, 3.05) is 6.61 Å². The van der Waals surface area contributed by atoms with Crippen LogP contribution >= 0.6 is 11.6 Å². The number of aliphatic hydroxyl groups excluding tert-OH is 1. The van der Waals surface area contributed by atoms with Gasteiger partial charge in [0.2, 0.25) is 0 Å². The first kappa shape index (κ1) is 18.8. The Kier molecular flexibility index (Phi) is 5.66. The maximum absolute atomic E-state index is 12.2. The van der Waals surface area contributed by atoms with Crippen LogP contribution in [0.5, 0.6) is 11.5 Å². The Bertz CT molecular complexity index is 824. The third-order valence-electron chi connectivity index (χ3n) is 3.28. The third kappa shape index (κ3) is 4.09. The molecule has 0 aliphatic heterocycles. The highest BCUT2D eigenvalue weighted by Crippen LogP contribution is 2.34. The molecule has 1 aromatic heterocycles. The molecule has 1 atom stereocenters. The summed E-state index contributed by atoms with van der Waals surface area (Å²) >= 11 is 6.10. The number of nitrogens with one attached hydrogen (secondary N) is 1. The van der Waals surface area contributed by atoms with Gasteiger partial charge >= 0.3 is 5.97 Å². The van der Waals surface area contributed by atoms with Gasteiger partial charge in [0.05, 0.1) is 12.7 Å². The minimum Gasteiger partial charge on any atom is -0.505 e. The molecule has 0 radical (unpaired) electrons. The number of amides is 1. The average Bonchev–Trinajstić information content (AvgIpc) is 2.54. The Morgan fingerprint density at radius 3 is 2.56 bits per heavy atom. The van der Waals surface area contributed by atoms with Crippen LogP contribution in [0.3, 0.4) is 0 Å². The van der Waals surface area contributed by atoms with Gasteiger partial charge in [-0.2, -0.15) is 0 Å². The first-order valence-electron chi connectivity index (χ1n) is 7.38. The molecule has 8 nitrogen and oxygen atoms in total. The predicted molar refractivity (Wildman–Crippen MR) is 90.2 cm³/mol. The van der Waals surface area contributed by atoms with Crippen LogP contribution in [0.15, 0.2) is 18.2 Å². The van der Waals surface area contributed by atoms with Gasteiger partial charge in [-0.15, -0.1) is 0 Å².